The summed E-state index contributed by atoms with van der Waals surface area (Å²) in [6.45, 7) is 0.0155. The van der Waals surface area contributed by atoms with Gasteiger partial charge >= 0.3 is 0 Å². The van der Waals surface area contributed by atoms with Gasteiger partial charge in [-0.15, -0.1) is 0 Å². The van der Waals surface area contributed by atoms with Crippen LogP contribution in [0.4, 0.5) is 0 Å². The zero-order chi connectivity index (χ0) is 11.4. The van der Waals surface area contributed by atoms with E-state index in [4.69, 9.17) is 4.74 Å². The van der Waals surface area contributed by atoms with E-state index >= 15 is 0 Å². The van der Waals surface area contributed by atoms with Gasteiger partial charge in [0.2, 0.25) is 0 Å². The monoisotopic (exact) mass is 215 g/mol. The van der Waals surface area contributed by atoms with Gasteiger partial charge in [-0.05, 0) is 17.2 Å². The molecular weight excluding hydrogens is 202 g/mol. The van der Waals surface area contributed by atoms with Crippen LogP contribution < -0.4 is 4.74 Å². The Bertz CT molecular complexity index is 437. The number of aliphatic hydroxyl groups excluding tert-OH is 1. The zero-order valence-corrected chi connectivity index (χ0v) is 9.05. The van der Waals surface area contributed by atoms with Crippen molar-refractivity contribution in [1.82, 2.24) is 4.98 Å². The Morgan fingerprint density at radius 1 is 1.19 bits per heavy atom. The summed E-state index contributed by atoms with van der Waals surface area (Å²) in [4.78, 5) is 4.01. The van der Waals surface area contributed by atoms with Crippen LogP contribution in [-0.2, 0) is 6.61 Å². The molecule has 0 aliphatic carbocycles. The smallest absolute Gasteiger partial charge is 0.144 e. The molecule has 1 aromatic carbocycles. The lowest BCUT2D eigenvalue weighted by Gasteiger charge is -2.10. The molecule has 0 bridgehead atoms. The third kappa shape index (κ3) is 1.90. The molecule has 1 aromatic heterocycles. The minimum Gasteiger partial charge on any atom is -0.494 e. The molecule has 16 heavy (non-hydrogen) atoms. The van der Waals surface area contributed by atoms with Crippen LogP contribution in [-0.4, -0.2) is 17.2 Å². The van der Waals surface area contributed by atoms with Gasteiger partial charge in [0.15, 0.2) is 0 Å². The molecule has 1 N–H and O–H groups in total. The molecule has 1 heterocycles. The summed E-state index contributed by atoms with van der Waals surface area (Å²) >= 11 is 0. The second kappa shape index (κ2) is 4.77. The largest absolute Gasteiger partial charge is 0.494 e. The van der Waals surface area contributed by atoms with E-state index in [0.717, 1.165) is 16.7 Å². The molecule has 0 spiro atoms. The number of nitrogens with zero attached hydrogens (tertiary/aromatic N) is 1. The molecule has 0 aliphatic heterocycles. The number of hydrogen-bond acceptors (Lipinski definition) is 3. The maximum atomic E-state index is 9.29. The van der Waals surface area contributed by atoms with Gasteiger partial charge in [0.25, 0.3) is 0 Å². The Morgan fingerprint density at radius 3 is 2.75 bits per heavy atom. The number of aromatic nitrogens is 1. The predicted octanol–water partition coefficient (Wildman–Crippen LogP) is 2.25. The van der Waals surface area contributed by atoms with Gasteiger partial charge in [0.05, 0.1) is 19.9 Å². The van der Waals surface area contributed by atoms with Crippen molar-refractivity contribution in [2.24, 2.45) is 0 Å². The van der Waals surface area contributed by atoms with Crippen molar-refractivity contribution >= 4 is 0 Å². The minimum atomic E-state index is 0.0155. The molecule has 0 radical (unpaired) electrons. The maximum absolute atomic E-state index is 9.29. The fourth-order valence-corrected chi connectivity index (χ4v) is 1.69. The highest BCUT2D eigenvalue weighted by Crippen LogP contribution is 2.31. The lowest BCUT2D eigenvalue weighted by atomic mass is 10.0. The lowest BCUT2D eigenvalue weighted by molar-refractivity contribution is 0.282. The second-order valence-corrected chi connectivity index (χ2v) is 3.39. The number of benzene rings is 1. The van der Waals surface area contributed by atoms with Crippen molar-refractivity contribution < 1.29 is 9.84 Å². The summed E-state index contributed by atoms with van der Waals surface area (Å²) in [7, 11) is 1.61. The Labute approximate surface area is 94.3 Å². The van der Waals surface area contributed by atoms with Gasteiger partial charge < -0.3 is 9.84 Å². The molecule has 0 saturated carbocycles. The molecule has 0 fully saturated rings. The van der Waals surface area contributed by atoms with Gasteiger partial charge in [0.1, 0.15) is 5.75 Å². The highest BCUT2D eigenvalue weighted by Gasteiger charge is 2.08. The van der Waals surface area contributed by atoms with E-state index in [1.54, 1.807) is 19.5 Å². The first kappa shape index (κ1) is 10.6. The first-order chi connectivity index (χ1) is 7.86. The Hall–Kier alpha value is -1.87. The lowest BCUT2D eigenvalue weighted by Crippen LogP contribution is -1.93. The quantitative estimate of drug-likeness (QED) is 0.853. The summed E-state index contributed by atoms with van der Waals surface area (Å²) < 4.78 is 5.26. The van der Waals surface area contributed by atoms with Crippen molar-refractivity contribution in [3.8, 4) is 16.9 Å². The van der Waals surface area contributed by atoms with Gasteiger partial charge in [-0.3, -0.25) is 4.98 Å². The van der Waals surface area contributed by atoms with Crippen LogP contribution in [0.15, 0.2) is 42.7 Å². The molecule has 3 nitrogen and oxygen atoms in total. The average molecular weight is 215 g/mol. The third-order valence-electron chi connectivity index (χ3n) is 2.48. The van der Waals surface area contributed by atoms with Crippen molar-refractivity contribution in [3.05, 3.63) is 48.3 Å². The first-order valence-electron chi connectivity index (χ1n) is 5.04. The Balaban J connectivity index is 2.58. The summed E-state index contributed by atoms with van der Waals surface area (Å²) in [5.74, 6) is 0.711. The Kier molecular flexibility index (Phi) is 3.17. The molecule has 82 valence electrons. The second-order valence-electron chi connectivity index (χ2n) is 3.39. The Morgan fingerprint density at radius 2 is 2.00 bits per heavy atom. The van der Waals surface area contributed by atoms with Crippen molar-refractivity contribution in [2.45, 2.75) is 6.61 Å². The standard InChI is InChI=1S/C13H13NO2/c1-16-13-8-14-7-6-12(13)11-5-3-2-4-10(11)9-15/h2-8,15H,9H2,1H3. The molecule has 3 heteroatoms. The third-order valence-corrected chi connectivity index (χ3v) is 2.48. The molecule has 0 unspecified atom stereocenters. The van der Waals surface area contributed by atoms with Crippen LogP contribution in [0.2, 0.25) is 0 Å². The number of hydrogen-bond donors (Lipinski definition) is 1. The van der Waals surface area contributed by atoms with Crippen LogP contribution in [0.1, 0.15) is 5.56 Å². The van der Waals surface area contributed by atoms with E-state index in [2.05, 4.69) is 4.98 Å². The topological polar surface area (TPSA) is 42.4 Å². The van der Waals surface area contributed by atoms with Gasteiger partial charge in [-0.2, -0.15) is 0 Å². The fourth-order valence-electron chi connectivity index (χ4n) is 1.69. The SMILES string of the molecule is COc1cnccc1-c1ccccc1CO. The molecule has 0 saturated heterocycles. The number of aliphatic hydroxyl groups is 1. The van der Waals surface area contributed by atoms with Gasteiger partial charge in [-0.1, -0.05) is 24.3 Å². The predicted molar refractivity (Wildman–Crippen MR) is 62.1 cm³/mol. The van der Waals surface area contributed by atoms with Crippen molar-refractivity contribution in [1.29, 1.82) is 0 Å². The van der Waals surface area contributed by atoms with E-state index < -0.39 is 0 Å². The molecular formula is C13H13NO2. The fraction of sp³-hybridized carbons (Fsp3) is 0.154. The molecule has 0 aliphatic rings. The molecule has 2 aromatic rings. The molecule has 2 rings (SSSR count). The molecule has 0 atom stereocenters. The normalized spacial score (nSPS) is 10.1. The van der Waals surface area contributed by atoms with Crippen LogP contribution in [0, 0.1) is 0 Å². The highest BCUT2D eigenvalue weighted by molar-refractivity contribution is 5.72. The summed E-state index contributed by atoms with van der Waals surface area (Å²) in [5.41, 5.74) is 2.80. The minimum absolute atomic E-state index is 0.0155. The summed E-state index contributed by atoms with van der Waals surface area (Å²) in [6.07, 6.45) is 3.38. The first-order valence-corrected chi connectivity index (χ1v) is 5.04. The average Bonchev–Trinajstić information content (AvgIpc) is 2.38. The number of rotatable bonds is 3. The van der Waals surface area contributed by atoms with E-state index in [1.807, 2.05) is 30.3 Å². The van der Waals surface area contributed by atoms with E-state index in [0.29, 0.717) is 5.75 Å². The van der Waals surface area contributed by atoms with Crippen LogP contribution in [0.25, 0.3) is 11.1 Å². The van der Waals surface area contributed by atoms with Gasteiger partial charge in [0, 0.05) is 11.8 Å². The molecule has 0 amide bonds. The summed E-state index contributed by atoms with van der Waals surface area (Å²) in [6, 6.07) is 9.59. The van der Waals surface area contributed by atoms with Gasteiger partial charge in [-0.25, -0.2) is 0 Å². The van der Waals surface area contributed by atoms with Crippen molar-refractivity contribution in [2.75, 3.05) is 7.11 Å². The number of ether oxygens (including phenoxy) is 1. The van der Waals surface area contributed by atoms with E-state index in [-0.39, 0.29) is 6.61 Å². The van der Waals surface area contributed by atoms with E-state index in [1.165, 1.54) is 0 Å². The maximum Gasteiger partial charge on any atom is 0.144 e. The zero-order valence-electron chi connectivity index (χ0n) is 9.05. The van der Waals surface area contributed by atoms with Crippen LogP contribution in [0.3, 0.4) is 0 Å². The van der Waals surface area contributed by atoms with Crippen molar-refractivity contribution in [3.63, 3.8) is 0 Å². The highest BCUT2D eigenvalue weighted by atomic mass is 16.5. The van der Waals surface area contributed by atoms with Crippen LogP contribution in [0.5, 0.6) is 5.75 Å². The van der Waals surface area contributed by atoms with E-state index in [9.17, 15) is 5.11 Å². The van der Waals surface area contributed by atoms with Crippen LogP contribution >= 0.6 is 0 Å². The number of pyridine rings is 1. The summed E-state index contributed by atoms with van der Waals surface area (Å²) in [5, 5.41) is 9.29. The number of methoxy groups -OCH3 is 1.